The Morgan fingerprint density at radius 1 is 1.30 bits per heavy atom. The highest BCUT2D eigenvalue weighted by molar-refractivity contribution is 6.47. The maximum atomic E-state index is 10.9. The molecule has 1 aliphatic rings. The van der Waals surface area contributed by atoms with Crippen LogP contribution in [0.1, 0.15) is 28.8 Å². The highest BCUT2D eigenvalue weighted by Crippen LogP contribution is 2.08. The lowest BCUT2D eigenvalue weighted by molar-refractivity contribution is 0.0697. The van der Waals surface area contributed by atoms with Gasteiger partial charge in [0.05, 0.1) is 5.56 Å². The standard InChI is InChI=1S/C14H18N4O2/c1-15-18-12(13-16-8-2-3-9-17-13)10-4-6-11(7-5-10)14(19)20/h4-7,15H,2-3,8-9H2,1H3,(H,16,17)(H,19,20). The van der Waals surface area contributed by atoms with Gasteiger partial charge in [0, 0.05) is 25.7 Å². The fraction of sp³-hybridized carbons (Fsp3) is 0.357. The van der Waals surface area contributed by atoms with Gasteiger partial charge in [0.1, 0.15) is 11.5 Å². The van der Waals surface area contributed by atoms with Crippen LogP contribution in [0, 0.1) is 0 Å². The van der Waals surface area contributed by atoms with Gasteiger partial charge in [-0.2, -0.15) is 5.10 Å². The molecule has 6 heteroatoms. The summed E-state index contributed by atoms with van der Waals surface area (Å²) in [5.41, 5.74) is 4.56. The second-order valence-electron chi connectivity index (χ2n) is 4.43. The number of benzene rings is 1. The van der Waals surface area contributed by atoms with Crippen LogP contribution in [0.15, 0.2) is 34.4 Å². The lowest BCUT2D eigenvalue weighted by atomic mass is 10.1. The van der Waals surface area contributed by atoms with Crippen LogP contribution in [0.4, 0.5) is 0 Å². The maximum absolute atomic E-state index is 10.9. The number of nitrogens with zero attached hydrogens (tertiary/aromatic N) is 2. The third-order valence-corrected chi connectivity index (χ3v) is 3.00. The van der Waals surface area contributed by atoms with Crippen molar-refractivity contribution >= 4 is 17.5 Å². The van der Waals surface area contributed by atoms with Gasteiger partial charge in [-0.1, -0.05) is 12.1 Å². The van der Waals surface area contributed by atoms with Crippen LogP contribution in [0.3, 0.4) is 0 Å². The molecule has 0 bridgehead atoms. The fourth-order valence-electron chi connectivity index (χ4n) is 1.99. The molecule has 0 atom stereocenters. The topological polar surface area (TPSA) is 86.1 Å². The van der Waals surface area contributed by atoms with Crippen molar-refractivity contribution in [2.75, 3.05) is 20.1 Å². The summed E-state index contributed by atoms with van der Waals surface area (Å²) < 4.78 is 0. The minimum Gasteiger partial charge on any atom is -0.478 e. The molecule has 1 heterocycles. The molecule has 0 saturated carbocycles. The van der Waals surface area contributed by atoms with E-state index in [1.54, 1.807) is 31.3 Å². The van der Waals surface area contributed by atoms with Crippen molar-refractivity contribution in [2.24, 2.45) is 10.1 Å². The first-order valence-corrected chi connectivity index (χ1v) is 6.59. The fourth-order valence-corrected chi connectivity index (χ4v) is 1.99. The van der Waals surface area contributed by atoms with E-state index in [2.05, 4.69) is 20.8 Å². The second-order valence-corrected chi connectivity index (χ2v) is 4.43. The predicted octanol–water partition coefficient (Wildman–Crippen LogP) is 1.09. The Balaban J connectivity index is 2.30. The average Bonchev–Trinajstić information content (AvgIpc) is 2.74. The number of carboxylic acids is 1. The number of amidine groups is 1. The minimum atomic E-state index is -0.936. The number of hydrogen-bond acceptors (Lipinski definition) is 5. The Kier molecular flexibility index (Phi) is 4.70. The van der Waals surface area contributed by atoms with Gasteiger partial charge in [-0.25, -0.2) is 4.79 Å². The highest BCUT2D eigenvalue weighted by Gasteiger charge is 2.14. The quantitative estimate of drug-likeness (QED) is 0.566. The molecule has 0 radical (unpaired) electrons. The summed E-state index contributed by atoms with van der Waals surface area (Å²) in [5, 5.41) is 16.5. The van der Waals surface area contributed by atoms with Gasteiger partial charge in [-0.05, 0) is 25.0 Å². The molecule has 20 heavy (non-hydrogen) atoms. The zero-order chi connectivity index (χ0) is 14.4. The zero-order valence-electron chi connectivity index (χ0n) is 11.4. The lowest BCUT2D eigenvalue weighted by Crippen LogP contribution is -2.33. The Hall–Kier alpha value is -2.37. The van der Waals surface area contributed by atoms with Crippen LogP contribution in [0.2, 0.25) is 0 Å². The van der Waals surface area contributed by atoms with Crippen LogP contribution >= 0.6 is 0 Å². The number of hydrazone groups is 1. The van der Waals surface area contributed by atoms with Crippen LogP contribution in [0.25, 0.3) is 0 Å². The van der Waals surface area contributed by atoms with Gasteiger partial charge in [0.2, 0.25) is 0 Å². The molecule has 0 aliphatic carbocycles. The second kappa shape index (κ2) is 6.70. The molecular weight excluding hydrogens is 256 g/mol. The van der Waals surface area contributed by atoms with Crippen LogP contribution < -0.4 is 10.7 Å². The van der Waals surface area contributed by atoms with Crippen molar-refractivity contribution in [3.63, 3.8) is 0 Å². The molecule has 2 rings (SSSR count). The van der Waals surface area contributed by atoms with E-state index < -0.39 is 5.97 Å². The Morgan fingerprint density at radius 3 is 2.65 bits per heavy atom. The van der Waals surface area contributed by atoms with Crippen molar-refractivity contribution < 1.29 is 9.90 Å². The highest BCUT2D eigenvalue weighted by atomic mass is 16.4. The maximum Gasteiger partial charge on any atom is 0.335 e. The van der Waals surface area contributed by atoms with Crippen molar-refractivity contribution in [3.8, 4) is 0 Å². The molecule has 0 fully saturated rings. The number of carboxylic acid groups (broad SMARTS) is 1. The van der Waals surface area contributed by atoms with Crippen molar-refractivity contribution in [2.45, 2.75) is 12.8 Å². The molecule has 1 aromatic rings. The van der Waals surface area contributed by atoms with E-state index in [0.29, 0.717) is 5.71 Å². The van der Waals surface area contributed by atoms with E-state index in [4.69, 9.17) is 5.11 Å². The summed E-state index contributed by atoms with van der Waals surface area (Å²) >= 11 is 0. The summed E-state index contributed by atoms with van der Waals surface area (Å²) in [5.74, 6) is -0.187. The predicted molar refractivity (Wildman–Crippen MR) is 78.5 cm³/mol. The number of rotatable bonds is 4. The Bertz CT molecular complexity index is 535. The molecule has 0 amide bonds. The molecule has 106 valence electrons. The van der Waals surface area contributed by atoms with E-state index in [0.717, 1.165) is 37.3 Å². The summed E-state index contributed by atoms with van der Waals surface area (Å²) in [7, 11) is 1.73. The number of hydrogen-bond donors (Lipinski definition) is 3. The van der Waals surface area contributed by atoms with Gasteiger partial charge >= 0.3 is 5.97 Å². The first kappa shape index (κ1) is 14.0. The largest absolute Gasteiger partial charge is 0.478 e. The molecule has 1 aromatic carbocycles. The monoisotopic (exact) mass is 274 g/mol. The number of aliphatic imine (C=N–C) groups is 1. The molecule has 0 saturated heterocycles. The summed E-state index contributed by atoms with van der Waals surface area (Å²) in [6, 6.07) is 6.63. The van der Waals surface area contributed by atoms with E-state index in [9.17, 15) is 4.79 Å². The van der Waals surface area contributed by atoms with Gasteiger partial charge in [0.15, 0.2) is 0 Å². The molecule has 0 aromatic heterocycles. The van der Waals surface area contributed by atoms with Gasteiger partial charge in [-0.3, -0.25) is 4.99 Å². The van der Waals surface area contributed by atoms with Crippen molar-refractivity contribution in [1.29, 1.82) is 0 Å². The molecule has 3 N–H and O–H groups in total. The summed E-state index contributed by atoms with van der Waals surface area (Å²) in [6.45, 7) is 1.65. The van der Waals surface area contributed by atoms with E-state index in [1.165, 1.54) is 0 Å². The zero-order valence-corrected chi connectivity index (χ0v) is 11.4. The molecule has 0 unspecified atom stereocenters. The SMILES string of the molecule is CNN=C(C1=NCCCCN1)c1ccc(C(=O)O)cc1. The number of nitrogens with one attached hydrogen (secondary N) is 2. The Labute approximate surface area is 117 Å². The average molecular weight is 274 g/mol. The molecule has 6 nitrogen and oxygen atoms in total. The molecular formula is C14H18N4O2. The van der Waals surface area contributed by atoms with Crippen LogP contribution in [-0.4, -0.2) is 42.8 Å². The smallest absolute Gasteiger partial charge is 0.335 e. The van der Waals surface area contributed by atoms with E-state index in [1.807, 2.05) is 0 Å². The lowest BCUT2D eigenvalue weighted by Gasteiger charge is -2.11. The first-order valence-electron chi connectivity index (χ1n) is 6.59. The molecule has 1 aliphatic heterocycles. The van der Waals surface area contributed by atoms with Crippen LogP contribution in [0.5, 0.6) is 0 Å². The van der Waals surface area contributed by atoms with Gasteiger partial charge < -0.3 is 15.8 Å². The third kappa shape index (κ3) is 3.34. The third-order valence-electron chi connectivity index (χ3n) is 3.00. The first-order chi connectivity index (χ1) is 9.72. The van der Waals surface area contributed by atoms with Gasteiger partial charge in [-0.15, -0.1) is 0 Å². The van der Waals surface area contributed by atoms with E-state index in [-0.39, 0.29) is 5.56 Å². The molecule has 0 spiro atoms. The number of carbonyl (C=O) groups is 1. The van der Waals surface area contributed by atoms with Crippen molar-refractivity contribution in [1.82, 2.24) is 10.7 Å². The van der Waals surface area contributed by atoms with Crippen molar-refractivity contribution in [3.05, 3.63) is 35.4 Å². The minimum absolute atomic E-state index is 0.258. The Morgan fingerprint density at radius 2 is 2.00 bits per heavy atom. The normalized spacial score (nSPS) is 15.8. The number of aromatic carboxylic acids is 1. The summed E-state index contributed by atoms with van der Waals surface area (Å²) in [4.78, 5) is 15.4. The van der Waals surface area contributed by atoms with Crippen LogP contribution in [-0.2, 0) is 0 Å². The summed E-state index contributed by atoms with van der Waals surface area (Å²) in [6.07, 6.45) is 2.14. The van der Waals surface area contributed by atoms with E-state index >= 15 is 0 Å². The van der Waals surface area contributed by atoms with Gasteiger partial charge in [0.25, 0.3) is 0 Å².